The summed E-state index contributed by atoms with van der Waals surface area (Å²) in [5.74, 6) is -6.19. The van der Waals surface area contributed by atoms with Crippen molar-refractivity contribution < 1.29 is 272 Å². The van der Waals surface area contributed by atoms with Crippen molar-refractivity contribution in [1.29, 1.82) is 0 Å². The van der Waals surface area contributed by atoms with Crippen LogP contribution >= 0.6 is 0 Å². The van der Waals surface area contributed by atoms with Crippen molar-refractivity contribution in [1.82, 2.24) is 0 Å². The third-order valence-corrected chi connectivity index (χ3v) is 8.95. The predicted octanol–water partition coefficient (Wildman–Crippen LogP) is -12.1. The molecule has 23 heteroatoms. The molecule has 0 saturated carbocycles. The summed E-state index contributed by atoms with van der Waals surface area (Å²) in [6.45, 7) is 0. The van der Waals surface area contributed by atoms with Crippen LogP contribution in [0.2, 0.25) is 0 Å². The van der Waals surface area contributed by atoms with Crippen LogP contribution in [-0.4, -0.2) is 63.4 Å². The van der Waals surface area contributed by atoms with E-state index in [-0.39, 0.29) is 206 Å². The van der Waals surface area contributed by atoms with Crippen LogP contribution in [0.4, 0.5) is 0 Å². The fourth-order valence-corrected chi connectivity index (χ4v) is 7.57. The third-order valence-electron chi connectivity index (χ3n) is 5.26. The Morgan fingerprint density at radius 2 is 0.953 bits per heavy atom. The van der Waals surface area contributed by atoms with Crippen LogP contribution in [0.3, 0.4) is 0 Å². The number of ether oxygens (including phenoxy) is 1. The minimum absolute atomic E-state index is 0. The van der Waals surface area contributed by atoms with E-state index in [4.69, 9.17) is 4.74 Å². The number of carbonyl (C=O) groups excluding carboxylic acids is 2. The van der Waals surface area contributed by atoms with E-state index < -0.39 is 105 Å². The van der Waals surface area contributed by atoms with E-state index in [1.165, 1.54) is 18.2 Å². The molecule has 0 unspecified atom stereocenters. The smallest absolute Gasteiger partial charge is 0.744 e. The molecular weight excluding hydrogens is 765 g/mol. The molecule has 206 valence electrons. The molecule has 0 fully saturated rings. The van der Waals surface area contributed by atoms with Gasteiger partial charge in [0, 0.05) is 5.56 Å². The number of rotatable bonds is 6. The molecule has 0 spiro atoms. The first kappa shape index (κ1) is 46.0. The van der Waals surface area contributed by atoms with Crippen molar-refractivity contribution in [2.75, 3.05) is 0 Å². The topological polar surface area (TPSA) is 272 Å². The van der Waals surface area contributed by atoms with Crippen LogP contribution in [0.5, 0.6) is 11.5 Å². The first-order valence-electron chi connectivity index (χ1n) is 9.79. The molecule has 0 heterocycles. The molecule has 4 rings (SSSR count). The Labute approximate surface area is 415 Å². The largest absolute Gasteiger partial charge is 1.00 e. The standard InChI is InChI=1S/C20H12O15S4.4K/c21-15-10-7-4-8-11(36(23,24)25)12(10)16(22)14-13(15)18(37(26,27)28)17(35-9-5-2-1-3-6-9)20(39(32,33)34)19(14)38(29,30)31;;;;/h1-8H,(H,23,24,25)(H,26,27,28)(H,29,30,31)(H,32,33,34);;;;/q;4*+1/p-4. The fraction of sp³-hybridized carbons (Fsp3) is 0. The minimum atomic E-state index is -6.35. The molecule has 0 aliphatic heterocycles. The van der Waals surface area contributed by atoms with E-state index in [1.54, 1.807) is 0 Å². The van der Waals surface area contributed by atoms with Gasteiger partial charge in [-0.2, -0.15) is 0 Å². The van der Waals surface area contributed by atoms with Crippen LogP contribution in [0.1, 0.15) is 31.8 Å². The van der Waals surface area contributed by atoms with E-state index in [0.29, 0.717) is 12.1 Å². The minimum Gasteiger partial charge on any atom is -0.744 e. The van der Waals surface area contributed by atoms with Crippen molar-refractivity contribution in [3.8, 4) is 11.5 Å². The van der Waals surface area contributed by atoms with Crippen LogP contribution in [0.15, 0.2) is 68.1 Å². The SMILES string of the molecule is O=C1c2cccc(S(=O)(=O)[O-])c2C(=O)c2c1c(S(=O)(=O)[O-])c(Oc1ccccc1)c(S(=O)(=O)[O-])c2S(=O)(=O)[O-].[K+].[K+].[K+].[K+]. The average Bonchev–Trinajstić information content (AvgIpc) is 2.79. The number of carbonyl (C=O) groups is 2. The van der Waals surface area contributed by atoms with Crippen LogP contribution < -0.4 is 210 Å². The number of para-hydroxylation sites is 1. The Morgan fingerprint density at radius 1 is 0.488 bits per heavy atom. The molecule has 0 radical (unpaired) electrons. The predicted molar refractivity (Wildman–Crippen MR) is 118 cm³/mol. The summed E-state index contributed by atoms with van der Waals surface area (Å²) in [5.41, 5.74) is -5.97. The Hall–Kier alpha value is 2.99. The zero-order valence-electron chi connectivity index (χ0n) is 22.4. The van der Waals surface area contributed by atoms with Gasteiger partial charge in [-0.05, 0) is 18.2 Å². The van der Waals surface area contributed by atoms with Gasteiger partial charge < -0.3 is 22.9 Å². The van der Waals surface area contributed by atoms with E-state index in [9.17, 15) is 61.5 Å². The Kier molecular flexibility index (Phi) is 18.0. The van der Waals surface area contributed by atoms with Crippen molar-refractivity contribution in [2.45, 2.75) is 19.6 Å². The second-order valence-electron chi connectivity index (χ2n) is 7.64. The van der Waals surface area contributed by atoms with Crippen LogP contribution in [0.25, 0.3) is 0 Å². The van der Waals surface area contributed by atoms with E-state index in [0.717, 1.165) is 18.2 Å². The maximum Gasteiger partial charge on any atom is 1.00 e. The van der Waals surface area contributed by atoms with E-state index in [2.05, 4.69) is 0 Å². The van der Waals surface area contributed by atoms with Crippen LogP contribution in [-0.2, 0) is 40.5 Å². The van der Waals surface area contributed by atoms with Gasteiger partial charge in [-0.25, -0.2) is 33.7 Å². The summed E-state index contributed by atoms with van der Waals surface area (Å²) in [6, 6.07) is 7.85. The Morgan fingerprint density at radius 3 is 1.40 bits per heavy atom. The van der Waals surface area contributed by atoms with Crippen LogP contribution in [0, 0.1) is 0 Å². The third kappa shape index (κ3) is 9.61. The first-order chi connectivity index (χ1) is 17.8. The second-order valence-corrected chi connectivity index (χ2v) is 12.9. The molecule has 43 heavy (non-hydrogen) atoms. The van der Waals surface area contributed by atoms with Gasteiger partial charge in [0.1, 0.15) is 56.0 Å². The van der Waals surface area contributed by atoms with Gasteiger partial charge in [0.2, 0.25) is 0 Å². The number of fused-ring (bicyclic) bond motifs is 2. The van der Waals surface area contributed by atoms with Crippen molar-refractivity contribution in [3.63, 3.8) is 0 Å². The zero-order valence-corrected chi connectivity index (χ0v) is 38.1. The summed E-state index contributed by atoms with van der Waals surface area (Å²) in [5, 5.41) is 0. The summed E-state index contributed by atoms with van der Waals surface area (Å²) in [7, 11) is -24.5. The molecule has 0 saturated heterocycles. The number of hydrogen-bond acceptors (Lipinski definition) is 15. The van der Waals surface area contributed by atoms with Gasteiger partial charge in [-0.3, -0.25) is 9.59 Å². The monoisotopic (exact) mass is 772 g/mol. The van der Waals surface area contributed by atoms with Gasteiger partial charge in [0.15, 0.2) is 17.3 Å². The zero-order chi connectivity index (χ0) is 29.3. The van der Waals surface area contributed by atoms with E-state index >= 15 is 0 Å². The summed E-state index contributed by atoms with van der Waals surface area (Å²) in [6.07, 6.45) is 0. The molecule has 0 atom stereocenters. The molecule has 3 aromatic carbocycles. The molecular formula is C20H8K4O15S4. The molecule has 15 nitrogen and oxygen atoms in total. The van der Waals surface area contributed by atoms with Gasteiger partial charge in [-0.1, -0.05) is 30.3 Å². The van der Waals surface area contributed by atoms with Crippen molar-refractivity contribution in [2.24, 2.45) is 0 Å². The number of hydrogen-bond donors (Lipinski definition) is 0. The quantitative estimate of drug-likeness (QED) is 0.130. The molecule has 0 N–H and O–H groups in total. The van der Waals surface area contributed by atoms with Gasteiger partial charge in [0.05, 0.1) is 26.5 Å². The van der Waals surface area contributed by atoms with E-state index in [1.807, 2.05) is 0 Å². The number of ketones is 2. The summed E-state index contributed by atoms with van der Waals surface area (Å²) in [4.78, 5) is 18.8. The summed E-state index contributed by atoms with van der Waals surface area (Å²) < 4.78 is 151. The molecule has 0 amide bonds. The Balaban J connectivity index is 0.00000441. The molecule has 0 bridgehead atoms. The maximum atomic E-state index is 13.4. The maximum absolute atomic E-state index is 13.4. The van der Waals surface area contributed by atoms with Crippen molar-refractivity contribution >= 4 is 52.0 Å². The normalized spacial score (nSPS) is 12.7. The Bertz CT molecular complexity index is 2060. The molecule has 3 aromatic rings. The van der Waals surface area contributed by atoms with Gasteiger partial charge in [-0.15, -0.1) is 0 Å². The second kappa shape index (κ2) is 16.8. The molecule has 0 aromatic heterocycles. The average molecular weight is 773 g/mol. The van der Waals surface area contributed by atoms with Gasteiger partial charge in [0.25, 0.3) is 0 Å². The fourth-order valence-electron chi connectivity index (χ4n) is 3.92. The van der Waals surface area contributed by atoms with Gasteiger partial charge >= 0.3 is 206 Å². The first-order valence-corrected chi connectivity index (χ1v) is 15.4. The number of benzene rings is 3. The van der Waals surface area contributed by atoms with Crippen molar-refractivity contribution in [3.05, 3.63) is 70.8 Å². The molecule has 1 aliphatic rings. The summed E-state index contributed by atoms with van der Waals surface area (Å²) >= 11 is 0. The molecule has 1 aliphatic carbocycles.